The summed E-state index contributed by atoms with van der Waals surface area (Å²) in [5, 5.41) is 1.28. The number of aromatic nitrogens is 1. The molecule has 1 N–H and O–H groups in total. The first-order valence-corrected chi connectivity index (χ1v) is 3.99. The van der Waals surface area contributed by atoms with E-state index < -0.39 is 0 Å². The first kappa shape index (κ1) is 6.80. The standard InChI is InChI=1S/C9H9NS/c1-6-4-7(11)5-9-8(6)2-3-10-9/h2-5,10-11H,1H3. The van der Waals surface area contributed by atoms with Crippen molar-refractivity contribution < 1.29 is 0 Å². The first-order valence-electron chi connectivity index (χ1n) is 3.54. The molecule has 0 aliphatic carbocycles. The van der Waals surface area contributed by atoms with Crippen molar-refractivity contribution in [2.45, 2.75) is 11.8 Å². The van der Waals surface area contributed by atoms with Crippen LogP contribution in [0.3, 0.4) is 0 Å². The van der Waals surface area contributed by atoms with Crippen LogP contribution >= 0.6 is 12.6 Å². The lowest BCUT2D eigenvalue weighted by Gasteiger charge is -1.96. The number of rotatable bonds is 0. The molecule has 0 atom stereocenters. The average molecular weight is 163 g/mol. The van der Waals surface area contributed by atoms with Crippen LogP contribution in [0.15, 0.2) is 29.3 Å². The molecule has 2 heteroatoms. The number of thiol groups is 1. The summed E-state index contributed by atoms with van der Waals surface area (Å²) in [5.74, 6) is 0. The minimum atomic E-state index is 1.01. The number of nitrogens with one attached hydrogen (secondary N) is 1. The highest BCUT2D eigenvalue weighted by Gasteiger charge is 1.97. The fourth-order valence-electron chi connectivity index (χ4n) is 1.33. The first-order chi connectivity index (χ1) is 5.27. The molecule has 2 aromatic rings. The molecule has 0 saturated carbocycles. The molecule has 0 radical (unpaired) electrons. The minimum Gasteiger partial charge on any atom is -0.361 e. The molecule has 11 heavy (non-hydrogen) atoms. The zero-order chi connectivity index (χ0) is 7.84. The van der Waals surface area contributed by atoms with Crippen LogP contribution in [0.2, 0.25) is 0 Å². The van der Waals surface area contributed by atoms with Gasteiger partial charge in [0.05, 0.1) is 0 Å². The van der Waals surface area contributed by atoms with E-state index in [9.17, 15) is 0 Å². The van der Waals surface area contributed by atoms with Crippen molar-refractivity contribution in [1.82, 2.24) is 4.98 Å². The third-order valence-electron chi connectivity index (χ3n) is 1.86. The van der Waals surface area contributed by atoms with Crippen LogP contribution in [0.4, 0.5) is 0 Å². The van der Waals surface area contributed by atoms with E-state index >= 15 is 0 Å². The van der Waals surface area contributed by atoms with Crippen LogP contribution in [0.1, 0.15) is 5.56 Å². The van der Waals surface area contributed by atoms with E-state index in [4.69, 9.17) is 0 Å². The normalized spacial score (nSPS) is 10.7. The maximum atomic E-state index is 4.29. The van der Waals surface area contributed by atoms with E-state index in [0.29, 0.717) is 0 Å². The second kappa shape index (κ2) is 2.31. The number of hydrogen-bond acceptors (Lipinski definition) is 1. The molecule has 2 rings (SSSR count). The molecule has 1 aromatic heterocycles. The summed E-state index contributed by atoms with van der Waals surface area (Å²) < 4.78 is 0. The molecule has 1 nitrogen and oxygen atoms in total. The highest BCUT2D eigenvalue weighted by Crippen LogP contribution is 2.20. The molecule has 0 bridgehead atoms. The Labute approximate surface area is 70.8 Å². The molecule has 1 aromatic carbocycles. The highest BCUT2D eigenvalue weighted by molar-refractivity contribution is 7.80. The Bertz CT molecular complexity index is 389. The lowest BCUT2D eigenvalue weighted by atomic mass is 10.1. The van der Waals surface area contributed by atoms with Gasteiger partial charge in [-0.3, -0.25) is 0 Å². The Kier molecular flexibility index (Phi) is 1.43. The van der Waals surface area contributed by atoms with E-state index in [2.05, 4.69) is 36.7 Å². The van der Waals surface area contributed by atoms with Gasteiger partial charge in [-0.25, -0.2) is 0 Å². The van der Waals surface area contributed by atoms with Crippen LogP contribution in [-0.4, -0.2) is 4.98 Å². The third-order valence-corrected chi connectivity index (χ3v) is 2.12. The largest absolute Gasteiger partial charge is 0.361 e. The van der Waals surface area contributed by atoms with Crippen LogP contribution in [-0.2, 0) is 0 Å². The molecule has 0 aliphatic rings. The fraction of sp³-hybridized carbons (Fsp3) is 0.111. The molecule has 0 fully saturated rings. The smallest absolute Gasteiger partial charge is 0.0467 e. The van der Waals surface area contributed by atoms with Crippen molar-refractivity contribution in [3.63, 3.8) is 0 Å². The van der Waals surface area contributed by atoms with Crippen LogP contribution < -0.4 is 0 Å². The number of aryl methyl sites for hydroxylation is 1. The van der Waals surface area contributed by atoms with Gasteiger partial charge in [0.1, 0.15) is 0 Å². The van der Waals surface area contributed by atoms with Crippen molar-refractivity contribution in [3.05, 3.63) is 30.0 Å². The van der Waals surface area contributed by atoms with Gasteiger partial charge >= 0.3 is 0 Å². The summed E-state index contributed by atoms with van der Waals surface area (Å²) in [6.07, 6.45) is 1.95. The van der Waals surface area contributed by atoms with E-state index in [1.54, 1.807) is 0 Å². The number of H-pyrrole nitrogens is 1. The molecule has 0 aliphatic heterocycles. The van der Waals surface area contributed by atoms with Gasteiger partial charge in [0.25, 0.3) is 0 Å². The highest BCUT2D eigenvalue weighted by atomic mass is 32.1. The predicted octanol–water partition coefficient (Wildman–Crippen LogP) is 2.77. The number of aromatic amines is 1. The average Bonchev–Trinajstić information content (AvgIpc) is 2.34. The molecular formula is C9H9NS. The molecule has 0 spiro atoms. The molecule has 0 saturated heterocycles. The second-order valence-corrected chi connectivity index (χ2v) is 3.22. The van der Waals surface area contributed by atoms with Gasteiger partial charge in [0, 0.05) is 22.0 Å². The Hall–Kier alpha value is -0.890. The summed E-state index contributed by atoms with van der Waals surface area (Å²) in [4.78, 5) is 4.16. The van der Waals surface area contributed by atoms with Crippen molar-refractivity contribution in [1.29, 1.82) is 0 Å². The van der Waals surface area contributed by atoms with Crippen LogP contribution in [0.5, 0.6) is 0 Å². The van der Waals surface area contributed by atoms with Gasteiger partial charge in [-0.1, -0.05) is 0 Å². The molecule has 56 valence electrons. The van der Waals surface area contributed by atoms with Crippen LogP contribution in [0, 0.1) is 6.92 Å². The summed E-state index contributed by atoms with van der Waals surface area (Å²) in [6.45, 7) is 2.09. The SMILES string of the molecule is Cc1cc(S)cc2[nH]ccc12. The zero-order valence-corrected chi connectivity index (χ0v) is 7.15. The quantitative estimate of drug-likeness (QED) is 0.555. The lowest BCUT2D eigenvalue weighted by molar-refractivity contribution is 1.39. The maximum Gasteiger partial charge on any atom is 0.0467 e. The number of hydrogen-bond donors (Lipinski definition) is 2. The lowest BCUT2D eigenvalue weighted by Crippen LogP contribution is -1.74. The monoisotopic (exact) mass is 163 g/mol. The zero-order valence-electron chi connectivity index (χ0n) is 6.26. The van der Waals surface area contributed by atoms with Gasteiger partial charge in [-0.2, -0.15) is 0 Å². The van der Waals surface area contributed by atoms with Crippen molar-refractivity contribution in [2.24, 2.45) is 0 Å². The summed E-state index contributed by atoms with van der Waals surface area (Å²) in [7, 11) is 0. The summed E-state index contributed by atoms with van der Waals surface area (Å²) >= 11 is 4.29. The van der Waals surface area contributed by atoms with Gasteiger partial charge in [-0.15, -0.1) is 12.6 Å². The Morgan fingerprint density at radius 2 is 2.18 bits per heavy atom. The van der Waals surface area contributed by atoms with Crippen molar-refractivity contribution in [2.75, 3.05) is 0 Å². The second-order valence-electron chi connectivity index (χ2n) is 2.70. The van der Waals surface area contributed by atoms with E-state index in [1.807, 2.05) is 12.3 Å². The van der Waals surface area contributed by atoms with E-state index in [0.717, 1.165) is 10.4 Å². The molecule has 0 unspecified atom stereocenters. The van der Waals surface area contributed by atoms with Crippen molar-refractivity contribution in [3.8, 4) is 0 Å². The summed E-state index contributed by atoms with van der Waals surface area (Å²) in [6, 6.07) is 6.18. The van der Waals surface area contributed by atoms with Crippen molar-refractivity contribution >= 4 is 23.5 Å². The summed E-state index contributed by atoms with van der Waals surface area (Å²) in [5.41, 5.74) is 2.43. The van der Waals surface area contributed by atoms with Gasteiger partial charge < -0.3 is 4.98 Å². The fourth-order valence-corrected chi connectivity index (χ4v) is 1.66. The molecule has 0 amide bonds. The maximum absolute atomic E-state index is 4.29. The van der Waals surface area contributed by atoms with Gasteiger partial charge in [-0.05, 0) is 30.7 Å². The number of fused-ring (bicyclic) bond motifs is 1. The Morgan fingerprint density at radius 3 is 3.00 bits per heavy atom. The topological polar surface area (TPSA) is 15.8 Å². The van der Waals surface area contributed by atoms with E-state index in [1.165, 1.54) is 10.9 Å². The minimum absolute atomic E-state index is 1.01. The Morgan fingerprint density at radius 1 is 1.36 bits per heavy atom. The molecular weight excluding hydrogens is 154 g/mol. The molecule has 1 heterocycles. The third kappa shape index (κ3) is 1.03. The predicted molar refractivity (Wildman–Crippen MR) is 50.3 cm³/mol. The van der Waals surface area contributed by atoms with Gasteiger partial charge in [0.2, 0.25) is 0 Å². The Balaban J connectivity index is 2.91. The number of benzene rings is 1. The van der Waals surface area contributed by atoms with E-state index in [-0.39, 0.29) is 0 Å². The van der Waals surface area contributed by atoms with Gasteiger partial charge in [0.15, 0.2) is 0 Å². The van der Waals surface area contributed by atoms with Crippen LogP contribution in [0.25, 0.3) is 10.9 Å².